The summed E-state index contributed by atoms with van der Waals surface area (Å²) in [6.45, 7) is 6.94. The molecular weight excluding hydrogens is 546 g/mol. The van der Waals surface area contributed by atoms with Gasteiger partial charge in [0.05, 0.1) is 23.0 Å². The second-order valence-corrected chi connectivity index (χ2v) is 11.5. The van der Waals surface area contributed by atoms with Gasteiger partial charge in [-0.15, -0.1) is 0 Å². The maximum atomic E-state index is 12.9. The summed E-state index contributed by atoms with van der Waals surface area (Å²) in [5.74, 6) is 2.06. The van der Waals surface area contributed by atoms with Gasteiger partial charge < -0.3 is 25.1 Å². The number of rotatable bonds is 10. The Morgan fingerprint density at radius 1 is 1.13 bits per heavy atom. The lowest BCUT2D eigenvalue weighted by Gasteiger charge is -2.31. The predicted molar refractivity (Wildman–Crippen MR) is 153 cm³/mol. The van der Waals surface area contributed by atoms with Gasteiger partial charge in [-0.2, -0.15) is 0 Å². The number of ketones is 1. The van der Waals surface area contributed by atoms with Crippen LogP contribution < -0.4 is 15.4 Å². The summed E-state index contributed by atoms with van der Waals surface area (Å²) in [6, 6.07) is 5.59. The smallest absolute Gasteiger partial charge is 0.251 e. The van der Waals surface area contributed by atoms with Crippen LogP contribution in [0.25, 0.3) is 0 Å². The lowest BCUT2D eigenvalue weighted by atomic mass is 9.75. The highest BCUT2D eigenvalue weighted by molar-refractivity contribution is 9.10. The summed E-state index contributed by atoms with van der Waals surface area (Å²) in [4.78, 5) is 36.4. The number of carbonyl (C=O) groups excluding carboxylic acids is 2. The number of Topliss-reactive ketones (excluding diaryl/α,β-unsaturated/α-hetero) is 1. The monoisotopic (exact) mass is 585 g/mol. The number of amides is 1. The number of hydrogen-bond acceptors (Lipinski definition) is 7. The molecule has 2 fully saturated rings. The average molecular weight is 587 g/mol. The number of halogens is 1. The van der Waals surface area contributed by atoms with Crippen molar-refractivity contribution in [3.05, 3.63) is 40.1 Å². The van der Waals surface area contributed by atoms with E-state index in [4.69, 9.17) is 9.72 Å². The van der Waals surface area contributed by atoms with Crippen LogP contribution in [0.5, 0.6) is 5.75 Å². The van der Waals surface area contributed by atoms with Crippen molar-refractivity contribution in [2.24, 2.45) is 11.8 Å². The molecule has 38 heavy (non-hydrogen) atoms. The first-order valence-corrected chi connectivity index (χ1v) is 14.6. The maximum Gasteiger partial charge on any atom is 0.251 e. The molecular formula is C29H40BrN5O3. The Kier molecular flexibility index (Phi) is 10.1. The highest BCUT2D eigenvalue weighted by atomic mass is 79.9. The molecule has 1 amide bonds. The van der Waals surface area contributed by atoms with Crippen molar-refractivity contribution in [1.82, 2.24) is 20.2 Å². The van der Waals surface area contributed by atoms with Crippen LogP contribution >= 0.6 is 15.9 Å². The van der Waals surface area contributed by atoms with E-state index in [1.54, 1.807) is 32.4 Å². The number of nitrogens with one attached hydrogen (secondary N) is 2. The van der Waals surface area contributed by atoms with Gasteiger partial charge in [0, 0.05) is 37.3 Å². The molecule has 0 bridgehead atoms. The van der Waals surface area contributed by atoms with E-state index in [0.29, 0.717) is 41.2 Å². The van der Waals surface area contributed by atoms with Crippen molar-refractivity contribution >= 4 is 39.3 Å². The number of aromatic nitrogens is 2. The number of ether oxygens (including phenoxy) is 1. The Morgan fingerprint density at radius 3 is 2.55 bits per heavy atom. The Morgan fingerprint density at radius 2 is 1.87 bits per heavy atom. The Balaban J connectivity index is 1.43. The molecule has 1 aliphatic heterocycles. The summed E-state index contributed by atoms with van der Waals surface area (Å²) in [5, 5.41) is 6.45. The molecule has 0 spiro atoms. The molecule has 206 valence electrons. The van der Waals surface area contributed by atoms with Gasteiger partial charge in [0.1, 0.15) is 11.5 Å². The molecule has 1 aliphatic carbocycles. The van der Waals surface area contributed by atoms with Gasteiger partial charge in [-0.1, -0.05) is 19.8 Å². The second kappa shape index (κ2) is 13.5. The quantitative estimate of drug-likeness (QED) is 0.378. The average Bonchev–Trinajstić information content (AvgIpc) is 2.92. The fourth-order valence-electron chi connectivity index (χ4n) is 5.76. The first-order chi connectivity index (χ1) is 18.4. The van der Waals surface area contributed by atoms with Crippen molar-refractivity contribution in [2.45, 2.75) is 71.3 Å². The van der Waals surface area contributed by atoms with Crippen LogP contribution in [0.4, 0.5) is 11.6 Å². The van der Waals surface area contributed by atoms with Crippen LogP contribution in [0.1, 0.15) is 74.8 Å². The number of piperidine rings is 1. The van der Waals surface area contributed by atoms with Gasteiger partial charge >= 0.3 is 0 Å². The molecule has 9 heteroatoms. The van der Waals surface area contributed by atoms with Crippen molar-refractivity contribution in [2.75, 3.05) is 32.1 Å². The van der Waals surface area contributed by atoms with Gasteiger partial charge in [0.15, 0.2) is 0 Å². The number of likely N-dealkylation sites (tertiary alicyclic amines) is 1. The summed E-state index contributed by atoms with van der Waals surface area (Å²) < 4.78 is 6.48. The first kappa shape index (κ1) is 28.5. The fourth-order valence-corrected chi connectivity index (χ4v) is 6.12. The minimum atomic E-state index is -0.0837. The van der Waals surface area contributed by atoms with Crippen molar-refractivity contribution in [3.63, 3.8) is 0 Å². The SMILES string of the molecule is CCN1CCC(NC(=O)c2ccc(Nc3ncc(Br)c(C[C@@H]4CCCC[C@H]4CC(C)=O)n3)c(OC)c2)CC1. The molecule has 1 saturated carbocycles. The van der Waals surface area contributed by atoms with Crippen LogP contribution in [0, 0.1) is 11.8 Å². The summed E-state index contributed by atoms with van der Waals surface area (Å²) in [7, 11) is 1.59. The van der Waals surface area contributed by atoms with E-state index in [2.05, 4.69) is 43.4 Å². The van der Waals surface area contributed by atoms with Crippen LogP contribution in [0.15, 0.2) is 28.9 Å². The minimum absolute atomic E-state index is 0.0837. The normalized spacial score (nSPS) is 20.6. The number of carbonyl (C=O) groups is 2. The third-order valence-electron chi connectivity index (χ3n) is 7.97. The zero-order valence-corrected chi connectivity index (χ0v) is 24.3. The molecule has 1 aromatic heterocycles. The fraction of sp³-hybridized carbons (Fsp3) is 0.586. The zero-order valence-electron chi connectivity index (χ0n) is 22.8. The van der Waals surface area contributed by atoms with E-state index < -0.39 is 0 Å². The predicted octanol–water partition coefficient (Wildman–Crippen LogP) is 5.53. The van der Waals surface area contributed by atoms with Gasteiger partial charge in [-0.05, 0) is 91.5 Å². The van der Waals surface area contributed by atoms with Gasteiger partial charge in [0.2, 0.25) is 5.95 Å². The molecule has 1 saturated heterocycles. The third-order valence-corrected chi connectivity index (χ3v) is 8.63. The lowest BCUT2D eigenvalue weighted by molar-refractivity contribution is -0.118. The maximum absolute atomic E-state index is 12.9. The molecule has 0 radical (unpaired) electrons. The topological polar surface area (TPSA) is 96.5 Å². The standard InChI is InChI=1S/C29H40BrN5O3/c1-4-35-13-11-23(12-14-35)32-28(37)22-9-10-25(27(17-22)38-3)33-29-31-18-24(30)26(34-29)16-21-8-6-5-7-20(21)15-19(2)36/h9-10,17-18,20-21,23H,4-8,11-16H2,1-3H3,(H,32,37)(H,31,33,34)/t20-,21-/m0/s1. The zero-order chi connectivity index (χ0) is 27.1. The number of hydrogen-bond donors (Lipinski definition) is 2. The Hall–Kier alpha value is -2.52. The van der Waals surface area contributed by atoms with Crippen molar-refractivity contribution < 1.29 is 14.3 Å². The molecule has 2 aromatic rings. The highest BCUT2D eigenvalue weighted by Crippen LogP contribution is 2.36. The molecule has 0 unspecified atom stereocenters. The summed E-state index contributed by atoms with van der Waals surface area (Å²) in [6.07, 6.45) is 9.77. The van der Waals surface area contributed by atoms with E-state index in [9.17, 15) is 9.59 Å². The van der Waals surface area contributed by atoms with E-state index >= 15 is 0 Å². The first-order valence-electron chi connectivity index (χ1n) is 13.8. The molecule has 2 N–H and O–H groups in total. The Bertz CT molecular complexity index is 1120. The van der Waals surface area contributed by atoms with Gasteiger partial charge in [-0.25, -0.2) is 9.97 Å². The van der Waals surface area contributed by atoms with Gasteiger partial charge in [0.25, 0.3) is 5.91 Å². The number of benzene rings is 1. The molecule has 1 aromatic carbocycles. The second-order valence-electron chi connectivity index (χ2n) is 10.6. The number of nitrogens with zero attached hydrogens (tertiary/aromatic N) is 3. The number of anilines is 2. The molecule has 4 rings (SSSR count). The van der Waals surface area contributed by atoms with E-state index in [-0.39, 0.29) is 17.7 Å². The van der Waals surface area contributed by atoms with E-state index in [1.807, 2.05) is 6.07 Å². The van der Waals surface area contributed by atoms with Crippen molar-refractivity contribution in [3.8, 4) is 5.75 Å². The van der Waals surface area contributed by atoms with Crippen LogP contribution in [0.3, 0.4) is 0 Å². The lowest BCUT2D eigenvalue weighted by Crippen LogP contribution is -2.44. The van der Waals surface area contributed by atoms with Crippen LogP contribution in [-0.4, -0.2) is 59.3 Å². The minimum Gasteiger partial charge on any atom is -0.495 e. The molecule has 2 heterocycles. The highest BCUT2D eigenvalue weighted by Gasteiger charge is 2.27. The molecule has 2 aliphatic rings. The van der Waals surface area contributed by atoms with E-state index in [0.717, 1.165) is 61.9 Å². The van der Waals surface area contributed by atoms with Crippen LogP contribution in [0.2, 0.25) is 0 Å². The molecule has 8 nitrogen and oxygen atoms in total. The third kappa shape index (κ3) is 7.53. The van der Waals surface area contributed by atoms with E-state index in [1.165, 1.54) is 12.8 Å². The van der Waals surface area contributed by atoms with Crippen molar-refractivity contribution in [1.29, 1.82) is 0 Å². The van der Waals surface area contributed by atoms with Gasteiger partial charge in [-0.3, -0.25) is 4.79 Å². The number of methoxy groups -OCH3 is 1. The summed E-state index contributed by atoms with van der Waals surface area (Å²) in [5.41, 5.74) is 2.20. The van der Waals surface area contributed by atoms with Crippen LogP contribution in [-0.2, 0) is 11.2 Å². The molecule has 2 atom stereocenters. The Labute approximate surface area is 234 Å². The largest absolute Gasteiger partial charge is 0.495 e. The summed E-state index contributed by atoms with van der Waals surface area (Å²) >= 11 is 3.62.